The number of hydrogen-bond donors (Lipinski definition) is 3. The Kier molecular flexibility index (Phi) is 7.04. The summed E-state index contributed by atoms with van der Waals surface area (Å²) in [6.07, 6.45) is 1.12. The van der Waals surface area contributed by atoms with Crippen LogP contribution in [-0.4, -0.2) is 48.8 Å². The minimum atomic E-state index is -3.32. The molecular weight excluding hydrogens is 442 g/mol. The van der Waals surface area contributed by atoms with E-state index in [1.54, 1.807) is 38.1 Å². The molecule has 0 aliphatic rings. The maximum atomic E-state index is 13.0. The Bertz CT molecular complexity index is 1290. The molecule has 0 spiro atoms. The average Bonchev–Trinajstić information content (AvgIpc) is 3.07. The van der Waals surface area contributed by atoms with Crippen molar-refractivity contribution < 1.29 is 23.1 Å². The van der Waals surface area contributed by atoms with E-state index < -0.39 is 15.9 Å². The molecule has 0 aliphatic carbocycles. The van der Waals surface area contributed by atoms with Crippen molar-refractivity contribution in [1.82, 2.24) is 9.88 Å². The SMILES string of the molecule is Cc1cc(C(=O)Nc2ccc(S(C)(=O)=O)cc2)c(C)n1-c1ccccc1C(=O)N[C@H](C)CO. The number of nitrogens with one attached hydrogen (secondary N) is 2. The van der Waals surface area contributed by atoms with Gasteiger partial charge in [-0.3, -0.25) is 9.59 Å². The molecule has 3 rings (SSSR count). The van der Waals surface area contributed by atoms with E-state index in [0.717, 1.165) is 11.9 Å². The van der Waals surface area contributed by atoms with Gasteiger partial charge in [0.05, 0.1) is 28.3 Å². The number of carbonyl (C=O) groups is 2. The average molecular weight is 470 g/mol. The number of aromatic nitrogens is 1. The fourth-order valence-corrected chi connectivity index (χ4v) is 4.19. The summed E-state index contributed by atoms with van der Waals surface area (Å²) in [6.45, 7) is 5.16. The van der Waals surface area contributed by atoms with Crippen molar-refractivity contribution in [2.45, 2.75) is 31.7 Å². The minimum absolute atomic E-state index is 0.170. The molecule has 0 saturated carbocycles. The van der Waals surface area contributed by atoms with Crippen LogP contribution >= 0.6 is 0 Å². The molecule has 33 heavy (non-hydrogen) atoms. The van der Waals surface area contributed by atoms with Gasteiger partial charge in [0.25, 0.3) is 11.8 Å². The van der Waals surface area contributed by atoms with Crippen LogP contribution in [0.5, 0.6) is 0 Å². The number of sulfone groups is 1. The standard InChI is InChI=1S/C24H27N3O5S/c1-15(14-28)25-23(29)20-7-5-6-8-22(20)27-16(2)13-21(17(27)3)24(30)26-18-9-11-19(12-10-18)33(4,31)32/h5-13,15,28H,14H2,1-4H3,(H,25,29)(H,26,30)/t15-/m1/s1. The van der Waals surface area contributed by atoms with E-state index in [9.17, 15) is 23.1 Å². The number of nitrogens with zero attached hydrogens (tertiary/aromatic N) is 1. The number of amides is 2. The number of carbonyl (C=O) groups excluding carboxylic acids is 2. The summed E-state index contributed by atoms with van der Waals surface area (Å²) in [5.41, 5.74) is 3.34. The van der Waals surface area contributed by atoms with Crippen molar-refractivity contribution in [1.29, 1.82) is 0 Å². The number of para-hydroxylation sites is 1. The number of aryl methyl sites for hydroxylation is 1. The molecule has 2 aromatic carbocycles. The molecule has 3 aromatic rings. The minimum Gasteiger partial charge on any atom is -0.394 e. The summed E-state index contributed by atoms with van der Waals surface area (Å²) >= 11 is 0. The van der Waals surface area contributed by atoms with Crippen LogP contribution in [-0.2, 0) is 9.84 Å². The molecule has 2 amide bonds. The normalized spacial score (nSPS) is 12.3. The largest absolute Gasteiger partial charge is 0.394 e. The maximum Gasteiger partial charge on any atom is 0.257 e. The number of aliphatic hydroxyl groups excluding tert-OH is 1. The highest BCUT2D eigenvalue weighted by atomic mass is 32.2. The third-order valence-corrected chi connectivity index (χ3v) is 6.39. The molecule has 174 valence electrons. The quantitative estimate of drug-likeness (QED) is 0.492. The van der Waals surface area contributed by atoms with Crippen LogP contribution < -0.4 is 10.6 Å². The number of rotatable bonds is 7. The van der Waals surface area contributed by atoms with E-state index in [1.807, 2.05) is 17.6 Å². The van der Waals surface area contributed by atoms with Crippen molar-refractivity contribution in [3.8, 4) is 5.69 Å². The number of benzene rings is 2. The molecule has 8 nitrogen and oxygen atoms in total. The van der Waals surface area contributed by atoms with Crippen LogP contribution in [0.4, 0.5) is 5.69 Å². The lowest BCUT2D eigenvalue weighted by Gasteiger charge is -2.17. The van der Waals surface area contributed by atoms with Crippen LogP contribution in [0.25, 0.3) is 5.69 Å². The summed E-state index contributed by atoms with van der Waals surface area (Å²) in [6, 6.07) is 14.3. The van der Waals surface area contributed by atoms with E-state index in [2.05, 4.69) is 10.6 Å². The molecule has 0 aliphatic heterocycles. The highest BCUT2D eigenvalue weighted by Gasteiger charge is 2.21. The van der Waals surface area contributed by atoms with Crippen molar-refractivity contribution >= 4 is 27.3 Å². The summed E-state index contributed by atoms with van der Waals surface area (Å²) in [4.78, 5) is 25.9. The maximum absolute atomic E-state index is 13.0. The van der Waals surface area contributed by atoms with Gasteiger partial charge in [0, 0.05) is 29.4 Å². The van der Waals surface area contributed by atoms with Gasteiger partial charge in [0.2, 0.25) is 0 Å². The first-order chi connectivity index (χ1) is 15.5. The lowest BCUT2D eigenvalue weighted by molar-refractivity contribution is 0.0922. The summed E-state index contributed by atoms with van der Waals surface area (Å²) in [7, 11) is -3.32. The zero-order chi connectivity index (χ0) is 24.3. The molecule has 0 radical (unpaired) electrons. The Morgan fingerprint density at radius 3 is 2.24 bits per heavy atom. The zero-order valence-electron chi connectivity index (χ0n) is 18.9. The van der Waals surface area contributed by atoms with Gasteiger partial charge >= 0.3 is 0 Å². The second kappa shape index (κ2) is 9.60. The fourth-order valence-electron chi connectivity index (χ4n) is 3.56. The van der Waals surface area contributed by atoms with E-state index in [1.165, 1.54) is 24.3 Å². The molecular formula is C24H27N3O5S. The van der Waals surface area contributed by atoms with Gasteiger partial charge in [-0.25, -0.2) is 8.42 Å². The predicted octanol–water partition coefficient (Wildman–Crippen LogP) is 2.86. The molecule has 1 heterocycles. The molecule has 0 unspecified atom stereocenters. The Balaban J connectivity index is 1.92. The van der Waals surface area contributed by atoms with E-state index in [0.29, 0.717) is 28.2 Å². The first kappa shape index (κ1) is 24.2. The number of aliphatic hydroxyl groups is 1. The summed E-state index contributed by atoms with van der Waals surface area (Å²) < 4.78 is 25.1. The van der Waals surface area contributed by atoms with Crippen molar-refractivity contribution in [2.24, 2.45) is 0 Å². The zero-order valence-corrected chi connectivity index (χ0v) is 19.7. The van der Waals surface area contributed by atoms with Crippen molar-refractivity contribution in [3.63, 3.8) is 0 Å². The van der Waals surface area contributed by atoms with E-state index in [4.69, 9.17) is 0 Å². The van der Waals surface area contributed by atoms with E-state index in [-0.39, 0.29) is 23.3 Å². The first-order valence-electron chi connectivity index (χ1n) is 10.3. The second-order valence-electron chi connectivity index (χ2n) is 7.95. The molecule has 1 atom stereocenters. The first-order valence-corrected chi connectivity index (χ1v) is 12.2. The van der Waals surface area contributed by atoms with Gasteiger partial charge in [-0.05, 0) is 63.2 Å². The van der Waals surface area contributed by atoms with Crippen molar-refractivity contribution in [2.75, 3.05) is 18.2 Å². The van der Waals surface area contributed by atoms with Gasteiger partial charge in [-0.1, -0.05) is 12.1 Å². The lowest BCUT2D eigenvalue weighted by atomic mass is 10.1. The monoisotopic (exact) mass is 469 g/mol. The molecule has 0 bridgehead atoms. The Labute approximate surface area is 193 Å². The smallest absolute Gasteiger partial charge is 0.257 e. The molecule has 3 N–H and O–H groups in total. The van der Waals surface area contributed by atoms with Gasteiger partial charge in [-0.15, -0.1) is 0 Å². The Morgan fingerprint density at radius 1 is 1.00 bits per heavy atom. The molecule has 0 fully saturated rings. The third-order valence-electron chi connectivity index (χ3n) is 5.26. The Hall–Kier alpha value is -3.43. The fraction of sp³-hybridized carbons (Fsp3) is 0.250. The van der Waals surface area contributed by atoms with Gasteiger partial charge in [0.1, 0.15) is 0 Å². The summed E-state index contributed by atoms with van der Waals surface area (Å²) in [5, 5.41) is 14.8. The lowest BCUT2D eigenvalue weighted by Crippen LogP contribution is -2.35. The van der Waals surface area contributed by atoms with Crippen molar-refractivity contribution in [3.05, 3.63) is 77.1 Å². The topological polar surface area (TPSA) is 118 Å². The highest BCUT2D eigenvalue weighted by molar-refractivity contribution is 7.90. The van der Waals surface area contributed by atoms with Crippen LogP contribution in [0.3, 0.4) is 0 Å². The summed E-state index contributed by atoms with van der Waals surface area (Å²) in [5.74, 6) is -0.672. The second-order valence-corrected chi connectivity index (χ2v) is 9.96. The van der Waals surface area contributed by atoms with Gasteiger partial charge in [0.15, 0.2) is 9.84 Å². The number of anilines is 1. The van der Waals surface area contributed by atoms with Crippen LogP contribution in [0.15, 0.2) is 59.5 Å². The Morgan fingerprint density at radius 2 is 1.64 bits per heavy atom. The van der Waals surface area contributed by atoms with Crippen LogP contribution in [0.1, 0.15) is 39.0 Å². The molecule has 9 heteroatoms. The molecule has 1 aromatic heterocycles. The predicted molar refractivity (Wildman–Crippen MR) is 127 cm³/mol. The third kappa shape index (κ3) is 5.32. The molecule has 0 saturated heterocycles. The van der Waals surface area contributed by atoms with Crippen LogP contribution in [0, 0.1) is 13.8 Å². The van der Waals surface area contributed by atoms with E-state index >= 15 is 0 Å². The van der Waals surface area contributed by atoms with Gasteiger partial charge in [-0.2, -0.15) is 0 Å². The van der Waals surface area contributed by atoms with Crippen LogP contribution in [0.2, 0.25) is 0 Å². The number of hydrogen-bond acceptors (Lipinski definition) is 5. The highest BCUT2D eigenvalue weighted by Crippen LogP contribution is 2.25. The van der Waals surface area contributed by atoms with Gasteiger partial charge < -0.3 is 20.3 Å².